The van der Waals surface area contributed by atoms with E-state index in [1.54, 1.807) is 29.6 Å². The first kappa shape index (κ1) is 10.5. The molecule has 1 rings (SSSR count). The summed E-state index contributed by atoms with van der Waals surface area (Å²) in [7, 11) is 0.0410. The predicted octanol–water partition coefficient (Wildman–Crippen LogP) is 2.85. The molecular weight excluding hydrogens is 204 g/mol. The van der Waals surface area contributed by atoms with Gasteiger partial charge in [-0.3, -0.25) is 4.79 Å². The standard InChI is InChI=1S/C10H11ClOS/c1-13(2)7-10(12)8-3-5-9(11)6-4-8/h3-7H,1-2H3. The second-order valence-electron chi connectivity index (χ2n) is 2.87. The Bertz CT molecular complexity index is 336. The monoisotopic (exact) mass is 214 g/mol. The molecule has 0 saturated heterocycles. The van der Waals surface area contributed by atoms with Crippen molar-refractivity contribution in [1.82, 2.24) is 0 Å². The molecule has 0 saturated carbocycles. The van der Waals surface area contributed by atoms with Crippen molar-refractivity contribution >= 4 is 33.2 Å². The molecule has 3 heteroatoms. The summed E-state index contributed by atoms with van der Waals surface area (Å²) in [6.07, 6.45) is 4.02. The van der Waals surface area contributed by atoms with Crippen LogP contribution in [0, 0.1) is 0 Å². The number of carbonyl (C=O) groups is 1. The topological polar surface area (TPSA) is 17.1 Å². The fraction of sp³-hybridized carbons (Fsp3) is 0.200. The normalized spacial score (nSPS) is 10.2. The fourth-order valence-corrected chi connectivity index (χ4v) is 1.59. The maximum Gasteiger partial charge on any atom is 0.191 e. The average molecular weight is 215 g/mol. The van der Waals surface area contributed by atoms with Crippen molar-refractivity contribution in [2.75, 3.05) is 12.5 Å². The second kappa shape index (κ2) is 4.58. The molecule has 0 aliphatic heterocycles. The van der Waals surface area contributed by atoms with Crippen molar-refractivity contribution in [3.63, 3.8) is 0 Å². The van der Waals surface area contributed by atoms with Crippen LogP contribution < -0.4 is 0 Å². The van der Waals surface area contributed by atoms with Crippen LogP contribution >= 0.6 is 22.1 Å². The van der Waals surface area contributed by atoms with Crippen LogP contribution in [0.15, 0.2) is 24.3 Å². The van der Waals surface area contributed by atoms with Gasteiger partial charge in [0.25, 0.3) is 0 Å². The molecule has 0 radical (unpaired) electrons. The van der Waals surface area contributed by atoms with Crippen molar-refractivity contribution < 1.29 is 4.79 Å². The van der Waals surface area contributed by atoms with Gasteiger partial charge in [-0.05, 0) is 36.8 Å². The summed E-state index contributed by atoms with van der Waals surface area (Å²) < 4.78 is 0. The molecule has 70 valence electrons. The van der Waals surface area contributed by atoms with Crippen LogP contribution in [0.5, 0.6) is 0 Å². The van der Waals surface area contributed by atoms with Crippen molar-refractivity contribution in [2.24, 2.45) is 0 Å². The first-order chi connectivity index (χ1) is 6.09. The average Bonchev–Trinajstić information content (AvgIpc) is 2.04. The Morgan fingerprint density at radius 3 is 2.31 bits per heavy atom. The zero-order valence-corrected chi connectivity index (χ0v) is 9.15. The number of benzene rings is 1. The molecule has 0 aliphatic carbocycles. The summed E-state index contributed by atoms with van der Waals surface area (Å²) in [5.41, 5.74) is 0.700. The van der Waals surface area contributed by atoms with Gasteiger partial charge in [-0.15, -0.1) is 0 Å². The molecular formula is C10H11ClOS. The van der Waals surface area contributed by atoms with Crippen molar-refractivity contribution in [3.05, 3.63) is 34.9 Å². The van der Waals surface area contributed by atoms with Crippen LogP contribution in [0.3, 0.4) is 0 Å². The fourth-order valence-electron chi connectivity index (χ4n) is 0.896. The molecule has 0 spiro atoms. The van der Waals surface area contributed by atoms with Gasteiger partial charge < -0.3 is 0 Å². The molecule has 0 heterocycles. The van der Waals surface area contributed by atoms with E-state index in [-0.39, 0.29) is 16.3 Å². The lowest BCUT2D eigenvalue weighted by atomic mass is 10.2. The molecule has 0 N–H and O–H groups in total. The predicted molar refractivity (Wildman–Crippen MR) is 61.3 cm³/mol. The molecule has 1 nitrogen and oxygen atoms in total. The lowest BCUT2D eigenvalue weighted by Gasteiger charge is -1.96. The summed E-state index contributed by atoms with van der Waals surface area (Å²) in [4.78, 5) is 11.5. The van der Waals surface area contributed by atoms with Gasteiger partial charge >= 0.3 is 0 Å². The molecule has 0 aromatic heterocycles. The molecule has 13 heavy (non-hydrogen) atoms. The highest BCUT2D eigenvalue weighted by atomic mass is 35.5. The zero-order valence-electron chi connectivity index (χ0n) is 7.58. The van der Waals surface area contributed by atoms with Crippen LogP contribution in [0.4, 0.5) is 0 Å². The third-order valence-corrected chi connectivity index (χ3v) is 2.41. The molecule has 0 unspecified atom stereocenters. The zero-order chi connectivity index (χ0) is 9.84. The Morgan fingerprint density at radius 2 is 1.85 bits per heavy atom. The van der Waals surface area contributed by atoms with E-state index in [0.717, 1.165) is 0 Å². The van der Waals surface area contributed by atoms with Crippen LogP contribution in [0.1, 0.15) is 10.4 Å². The van der Waals surface area contributed by atoms with E-state index in [0.29, 0.717) is 10.6 Å². The number of Topliss-reactive ketones (excluding diaryl/α,β-unsaturated/α-hetero) is 1. The molecule has 0 fully saturated rings. The van der Waals surface area contributed by atoms with E-state index >= 15 is 0 Å². The molecule has 0 atom stereocenters. The van der Waals surface area contributed by atoms with Gasteiger partial charge in [-0.25, -0.2) is 0 Å². The maximum absolute atomic E-state index is 11.5. The molecule has 1 aromatic carbocycles. The molecule has 1 aromatic rings. The van der Waals surface area contributed by atoms with Gasteiger partial charge in [0.15, 0.2) is 5.78 Å². The molecule has 0 amide bonds. The highest BCUT2D eigenvalue weighted by Crippen LogP contribution is 2.10. The first-order valence-electron chi connectivity index (χ1n) is 3.81. The Kier molecular flexibility index (Phi) is 3.70. The summed E-state index contributed by atoms with van der Waals surface area (Å²) in [6.45, 7) is 0. The van der Waals surface area contributed by atoms with Gasteiger partial charge in [0.1, 0.15) is 0 Å². The minimum Gasteiger partial charge on any atom is -0.289 e. The maximum atomic E-state index is 11.5. The Morgan fingerprint density at radius 1 is 1.31 bits per heavy atom. The highest BCUT2D eigenvalue weighted by Gasteiger charge is 2.00. The first-order valence-corrected chi connectivity index (χ1v) is 6.29. The Labute approximate surface area is 85.7 Å². The number of rotatable bonds is 2. The number of ketones is 1. The summed E-state index contributed by atoms with van der Waals surface area (Å²) in [5.74, 6) is 0.0741. The SMILES string of the molecule is CS(C)=CC(=O)c1ccc(Cl)cc1. The van der Waals surface area contributed by atoms with Crippen LogP contribution in [0.25, 0.3) is 0 Å². The van der Waals surface area contributed by atoms with Gasteiger partial charge in [-0.2, -0.15) is 10.5 Å². The molecule has 0 bridgehead atoms. The smallest absolute Gasteiger partial charge is 0.191 e. The second-order valence-corrected chi connectivity index (χ2v) is 5.30. The van der Waals surface area contributed by atoms with E-state index in [1.165, 1.54) is 0 Å². The summed E-state index contributed by atoms with van der Waals surface area (Å²) >= 11 is 5.70. The van der Waals surface area contributed by atoms with Crippen molar-refractivity contribution in [1.29, 1.82) is 0 Å². The molecule has 0 aliphatic rings. The summed E-state index contributed by atoms with van der Waals surface area (Å²) in [5, 5.41) is 2.38. The van der Waals surface area contributed by atoms with E-state index in [2.05, 4.69) is 0 Å². The number of hydrogen-bond donors (Lipinski definition) is 0. The minimum absolute atomic E-state index is 0.0410. The Balaban J connectivity index is 2.90. The van der Waals surface area contributed by atoms with Gasteiger partial charge in [-0.1, -0.05) is 11.6 Å². The van der Waals surface area contributed by atoms with Gasteiger partial charge in [0.2, 0.25) is 0 Å². The number of carbonyl (C=O) groups excluding carboxylic acids is 1. The van der Waals surface area contributed by atoms with E-state index in [1.807, 2.05) is 12.5 Å². The third kappa shape index (κ3) is 3.33. The highest BCUT2D eigenvalue weighted by molar-refractivity contribution is 8.14. The largest absolute Gasteiger partial charge is 0.289 e. The minimum atomic E-state index is 0.0410. The lowest BCUT2D eigenvalue weighted by molar-refractivity contribution is 0.107. The van der Waals surface area contributed by atoms with E-state index in [4.69, 9.17) is 11.6 Å². The summed E-state index contributed by atoms with van der Waals surface area (Å²) in [6, 6.07) is 6.94. The van der Waals surface area contributed by atoms with Gasteiger partial charge in [0.05, 0.1) is 0 Å². The number of hydrogen-bond acceptors (Lipinski definition) is 1. The quantitative estimate of drug-likeness (QED) is 0.547. The van der Waals surface area contributed by atoms with Crippen LogP contribution in [-0.4, -0.2) is 23.7 Å². The van der Waals surface area contributed by atoms with Crippen LogP contribution in [0.2, 0.25) is 5.02 Å². The third-order valence-electron chi connectivity index (χ3n) is 1.47. The number of halogens is 1. The van der Waals surface area contributed by atoms with Crippen LogP contribution in [-0.2, 0) is 0 Å². The lowest BCUT2D eigenvalue weighted by Crippen LogP contribution is -1.99. The van der Waals surface area contributed by atoms with E-state index in [9.17, 15) is 4.79 Å². The Hall–Kier alpha value is -0.600. The van der Waals surface area contributed by atoms with Crippen molar-refractivity contribution in [3.8, 4) is 0 Å². The van der Waals surface area contributed by atoms with Crippen molar-refractivity contribution in [2.45, 2.75) is 0 Å². The van der Waals surface area contributed by atoms with E-state index < -0.39 is 0 Å². The van der Waals surface area contributed by atoms with Gasteiger partial charge in [0, 0.05) is 16.0 Å².